The molecule has 1 atom stereocenters. The molecule has 0 aliphatic carbocycles. The maximum Gasteiger partial charge on any atom is 0.234 e. The van der Waals surface area contributed by atoms with Gasteiger partial charge in [0.25, 0.3) is 0 Å². The van der Waals surface area contributed by atoms with Crippen LogP contribution in [-0.2, 0) is 16.0 Å². The second-order valence-corrected chi connectivity index (χ2v) is 3.78. The first-order valence-corrected chi connectivity index (χ1v) is 5.19. The minimum atomic E-state index is -0.0526. The smallest absolute Gasteiger partial charge is 0.234 e. The highest BCUT2D eigenvalue weighted by Gasteiger charge is 2.21. The van der Waals surface area contributed by atoms with Crippen LogP contribution in [0, 0.1) is 0 Å². The molecule has 0 spiro atoms. The fourth-order valence-corrected chi connectivity index (χ4v) is 1.63. The van der Waals surface area contributed by atoms with Crippen molar-refractivity contribution in [2.45, 2.75) is 38.7 Å². The number of nitrogens with zero attached hydrogens (tertiary/aromatic N) is 2. The van der Waals surface area contributed by atoms with Gasteiger partial charge in [-0.1, -0.05) is 5.16 Å². The summed E-state index contributed by atoms with van der Waals surface area (Å²) in [5.74, 6) is 0.979. The lowest BCUT2D eigenvalue weighted by Gasteiger charge is -2.18. The largest absolute Gasteiger partial charge is 0.370 e. The lowest BCUT2D eigenvalue weighted by molar-refractivity contribution is -0.116. The molecule has 2 rings (SSSR count). The van der Waals surface area contributed by atoms with Crippen molar-refractivity contribution >= 4 is 5.78 Å². The lowest BCUT2D eigenvalue weighted by atomic mass is 10.1. The van der Waals surface area contributed by atoms with Crippen LogP contribution in [0.1, 0.15) is 44.0 Å². The van der Waals surface area contributed by atoms with Crippen LogP contribution in [0.2, 0.25) is 0 Å². The number of aromatic nitrogens is 2. The number of ether oxygens (including phenoxy) is 1. The van der Waals surface area contributed by atoms with E-state index in [1.54, 1.807) is 0 Å². The van der Waals surface area contributed by atoms with Gasteiger partial charge in [0.1, 0.15) is 11.9 Å². The van der Waals surface area contributed by atoms with Crippen LogP contribution in [0.25, 0.3) is 0 Å². The molecule has 1 fully saturated rings. The lowest BCUT2D eigenvalue weighted by Crippen LogP contribution is -2.12. The van der Waals surface area contributed by atoms with E-state index >= 15 is 0 Å². The van der Waals surface area contributed by atoms with Crippen LogP contribution in [-0.4, -0.2) is 22.5 Å². The second kappa shape index (κ2) is 4.53. The predicted octanol–water partition coefficient (Wildman–Crippen LogP) is 1.44. The minimum Gasteiger partial charge on any atom is -0.370 e. The molecule has 15 heavy (non-hydrogen) atoms. The van der Waals surface area contributed by atoms with Gasteiger partial charge in [0, 0.05) is 6.61 Å². The maximum atomic E-state index is 10.8. The average Bonchev–Trinajstić information content (AvgIpc) is 2.67. The Balaban J connectivity index is 2.02. The highest BCUT2D eigenvalue weighted by molar-refractivity contribution is 5.77. The van der Waals surface area contributed by atoms with Crippen LogP contribution >= 0.6 is 0 Å². The summed E-state index contributed by atoms with van der Waals surface area (Å²) in [7, 11) is 0. The van der Waals surface area contributed by atoms with Gasteiger partial charge in [-0.25, -0.2) is 0 Å². The molecule has 0 radical (unpaired) electrons. The molecule has 0 bridgehead atoms. The molecule has 82 valence electrons. The predicted molar refractivity (Wildman–Crippen MR) is 51.2 cm³/mol. The number of Topliss-reactive ketones (excluding diaryl/α,β-unsaturated/α-hetero) is 1. The van der Waals surface area contributed by atoms with Gasteiger partial charge in [-0.15, -0.1) is 0 Å². The van der Waals surface area contributed by atoms with E-state index in [0.29, 0.717) is 11.7 Å². The van der Waals surface area contributed by atoms with Gasteiger partial charge in [0.2, 0.25) is 11.7 Å². The van der Waals surface area contributed by atoms with E-state index in [1.165, 1.54) is 6.92 Å². The second-order valence-electron chi connectivity index (χ2n) is 3.78. The van der Waals surface area contributed by atoms with E-state index in [-0.39, 0.29) is 18.3 Å². The Labute approximate surface area is 87.8 Å². The normalized spacial score (nSPS) is 21.5. The third-order valence-electron chi connectivity index (χ3n) is 2.35. The van der Waals surface area contributed by atoms with Crippen molar-refractivity contribution < 1.29 is 14.1 Å². The number of carbonyl (C=O) groups is 1. The summed E-state index contributed by atoms with van der Waals surface area (Å²) in [6.45, 7) is 2.25. The van der Waals surface area contributed by atoms with Gasteiger partial charge in [0.15, 0.2) is 0 Å². The molecule has 1 saturated heterocycles. The van der Waals surface area contributed by atoms with Crippen LogP contribution in [0.15, 0.2) is 4.52 Å². The summed E-state index contributed by atoms with van der Waals surface area (Å²) in [5.41, 5.74) is 0. The topological polar surface area (TPSA) is 65.2 Å². The van der Waals surface area contributed by atoms with Crippen molar-refractivity contribution in [1.29, 1.82) is 0 Å². The molecule has 1 aromatic heterocycles. The van der Waals surface area contributed by atoms with E-state index < -0.39 is 0 Å². The van der Waals surface area contributed by atoms with Gasteiger partial charge in [-0.2, -0.15) is 4.98 Å². The van der Waals surface area contributed by atoms with Crippen molar-refractivity contribution in [3.8, 4) is 0 Å². The van der Waals surface area contributed by atoms with Crippen LogP contribution in [0.5, 0.6) is 0 Å². The Hall–Kier alpha value is -1.23. The number of ketones is 1. The number of hydrogen-bond donors (Lipinski definition) is 0. The molecule has 5 nitrogen and oxygen atoms in total. The highest BCUT2D eigenvalue weighted by Crippen LogP contribution is 2.25. The Morgan fingerprint density at radius 3 is 3.07 bits per heavy atom. The van der Waals surface area contributed by atoms with E-state index in [0.717, 1.165) is 25.9 Å². The van der Waals surface area contributed by atoms with Gasteiger partial charge in [0.05, 0.1) is 6.42 Å². The van der Waals surface area contributed by atoms with Crippen molar-refractivity contribution in [2.75, 3.05) is 6.61 Å². The molecule has 1 aliphatic heterocycles. The van der Waals surface area contributed by atoms with Crippen LogP contribution in [0.4, 0.5) is 0 Å². The molecule has 0 N–H and O–H groups in total. The standard InChI is InChI=1S/C10H14N2O3/c1-7(13)6-9-11-10(12-15-9)8-4-2-3-5-14-8/h8H,2-6H2,1H3. The molecule has 0 aromatic carbocycles. The molecule has 0 saturated carbocycles. The molecule has 1 unspecified atom stereocenters. The summed E-state index contributed by atoms with van der Waals surface area (Å²) in [4.78, 5) is 15.0. The fourth-order valence-electron chi connectivity index (χ4n) is 1.63. The maximum absolute atomic E-state index is 10.8. The first kappa shape index (κ1) is 10.3. The first-order chi connectivity index (χ1) is 7.25. The van der Waals surface area contributed by atoms with Gasteiger partial charge >= 0.3 is 0 Å². The Morgan fingerprint density at radius 1 is 1.53 bits per heavy atom. The van der Waals surface area contributed by atoms with E-state index in [2.05, 4.69) is 10.1 Å². The van der Waals surface area contributed by atoms with Crippen LogP contribution < -0.4 is 0 Å². The molecule has 2 heterocycles. The van der Waals surface area contributed by atoms with Gasteiger partial charge in [-0.05, 0) is 26.2 Å². The molecule has 0 amide bonds. The Kier molecular flexibility index (Phi) is 3.11. The molecule has 5 heteroatoms. The van der Waals surface area contributed by atoms with Gasteiger partial charge in [-0.3, -0.25) is 4.79 Å². The fraction of sp³-hybridized carbons (Fsp3) is 0.700. The number of hydrogen-bond acceptors (Lipinski definition) is 5. The summed E-state index contributed by atoms with van der Waals surface area (Å²) < 4.78 is 10.5. The van der Waals surface area contributed by atoms with Crippen molar-refractivity contribution in [2.24, 2.45) is 0 Å². The van der Waals surface area contributed by atoms with Crippen LogP contribution in [0.3, 0.4) is 0 Å². The zero-order valence-corrected chi connectivity index (χ0v) is 8.73. The Morgan fingerprint density at radius 2 is 2.40 bits per heavy atom. The van der Waals surface area contributed by atoms with Crippen molar-refractivity contribution in [1.82, 2.24) is 10.1 Å². The SMILES string of the molecule is CC(=O)Cc1nc(C2CCCCO2)no1. The summed E-state index contributed by atoms with van der Waals surface area (Å²) in [5, 5.41) is 3.83. The molecule has 1 aromatic rings. The minimum absolute atomic E-state index is 0.0229. The molecular weight excluding hydrogens is 196 g/mol. The molecule has 1 aliphatic rings. The highest BCUT2D eigenvalue weighted by atomic mass is 16.5. The zero-order chi connectivity index (χ0) is 10.7. The Bertz CT molecular complexity index is 342. The van der Waals surface area contributed by atoms with Gasteiger partial charge < -0.3 is 9.26 Å². The van der Waals surface area contributed by atoms with E-state index in [4.69, 9.17) is 9.26 Å². The molecular formula is C10H14N2O3. The summed E-state index contributed by atoms with van der Waals surface area (Å²) >= 11 is 0. The monoisotopic (exact) mass is 210 g/mol. The third kappa shape index (κ3) is 2.62. The summed E-state index contributed by atoms with van der Waals surface area (Å²) in [6.07, 6.45) is 3.30. The van der Waals surface area contributed by atoms with E-state index in [1.807, 2.05) is 0 Å². The number of rotatable bonds is 3. The van der Waals surface area contributed by atoms with Crippen molar-refractivity contribution in [3.05, 3.63) is 11.7 Å². The first-order valence-electron chi connectivity index (χ1n) is 5.19. The third-order valence-corrected chi connectivity index (χ3v) is 2.35. The number of carbonyl (C=O) groups excluding carboxylic acids is 1. The summed E-state index contributed by atoms with van der Waals surface area (Å²) in [6, 6.07) is 0. The zero-order valence-electron chi connectivity index (χ0n) is 8.73. The quantitative estimate of drug-likeness (QED) is 0.755. The van der Waals surface area contributed by atoms with E-state index in [9.17, 15) is 4.79 Å². The average molecular weight is 210 g/mol. The van der Waals surface area contributed by atoms with Crippen molar-refractivity contribution in [3.63, 3.8) is 0 Å².